The van der Waals surface area contributed by atoms with Crippen molar-refractivity contribution in [1.82, 2.24) is 10.5 Å². The summed E-state index contributed by atoms with van der Waals surface area (Å²) in [6, 6.07) is 25.7. The van der Waals surface area contributed by atoms with Crippen LogP contribution in [0.15, 0.2) is 89.5 Å². The summed E-state index contributed by atoms with van der Waals surface area (Å²) in [4.78, 5) is 24.3. The van der Waals surface area contributed by atoms with Gasteiger partial charge in [-0.1, -0.05) is 90.1 Å². The van der Waals surface area contributed by atoms with Crippen LogP contribution in [0.3, 0.4) is 0 Å². The second-order valence-corrected chi connectivity index (χ2v) is 8.71. The average Bonchev–Trinajstić information content (AvgIpc) is 3.27. The highest BCUT2D eigenvalue weighted by atomic mass is 16.6. The second-order valence-electron chi connectivity index (χ2n) is 8.71. The molecular formula is C29H29N3O5. The van der Waals surface area contributed by atoms with Crippen LogP contribution in [0.5, 0.6) is 0 Å². The minimum Gasteiger partial charge on any atom is -0.480 e. The molecule has 190 valence electrons. The lowest BCUT2D eigenvalue weighted by Crippen LogP contribution is -2.38. The van der Waals surface area contributed by atoms with Crippen molar-refractivity contribution in [2.45, 2.75) is 39.0 Å². The van der Waals surface area contributed by atoms with E-state index < -0.39 is 24.2 Å². The average molecular weight is 500 g/mol. The summed E-state index contributed by atoms with van der Waals surface area (Å²) in [5.41, 5.74) is 4.42. The van der Waals surface area contributed by atoms with Gasteiger partial charge in [0.1, 0.15) is 23.5 Å². The summed E-state index contributed by atoms with van der Waals surface area (Å²) in [6.45, 7) is 3.92. The zero-order valence-electron chi connectivity index (χ0n) is 20.7. The lowest BCUT2D eigenvalue weighted by Gasteiger charge is -2.15. The Morgan fingerprint density at radius 1 is 0.946 bits per heavy atom. The summed E-state index contributed by atoms with van der Waals surface area (Å²) in [5, 5.41) is 19.5. The van der Waals surface area contributed by atoms with Gasteiger partial charge in [-0.25, -0.2) is 4.79 Å². The van der Waals surface area contributed by atoms with E-state index in [2.05, 4.69) is 15.8 Å². The third-order valence-electron chi connectivity index (χ3n) is 5.99. The highest BCUT2D eigenvalue weighted by molar-refractivity contribution is 5.90. The van der Waals surface area contributed by atoms with Crippen molar-refractivity contribution in [3.63, 3.8) is 0 Å². The quantitative estimate of drug-likeness (QED) is 0.255. The largest absolute Gasteiger partial charge is 0.480 e. The Kier molecular flexibility index (Phi) is 8.33. The fourth-order valence-corrected chi connectivity index (χ4v) is 3.91. The number of nitrogens with zero attached hydrogens (tertiary/aromatic N) is 1. The molecule has 1 heterocycles. The molecule has 0 saturated carbocycles. The molecule has 0 saturated heterocycles. The first-order valence-corrected chi connectivity index (χ1v) is 12.0. The summed E-state index contributed by atoms with van der Waals surface area (Å²) >= 11 is 0. The summed E-state index contributed by atoms with van der Waals surface area (Å²) in [7, 11) is 0. The zero-order chi connectivity index (χ0) is 26.2. The smallest absolute Gasteiger partial charge is 0.412 e. The highest BCUT2D eigenvalue weighted by Gasteiger charge is 2.20. The molecule has 3 aromatic carbocycles. The van der Waals surface area contributed by atoms with Crippen molar-refractivity contribution >= 4 is 17.7 Å². The van der Waals surface area contributed by atoms with Gasteiger partial charge < -0.3 is 19.7 Å². The van der Waals surface area contributed by atoms with E-state index in [0.29, 0.717) is 30.1 Å². The molecule has 8 nitrogen and oxygen atoms in total. The Morgan fingerprint density at radius 2 is 1.59 bits per heavy atom. The molecule has 8 heteroatoms. The number of rotatable bonds is 10. The van der Waals surface area contributed by atoms with Gasteiger partial charge >= 0.3 is 12.1 Å². The minimum atomic E-state index is -0.901. The molecule has 2 atom stereocenters. The van der Waals surface area contributed by atoms with Crippen LogP contribution in [0.25, 0.3) is 11.3 Å². The predicted molar refractivity (Wildman–Crippen MR) is 140 cm³/mol. The van der Waals surface area contributed by atoms with Gasteiger partial charge in [-0.05, 0) is 37.0 Å². The van der Waals surface area contributed by atoms with Crippen LogP contribution in [-0.2, 0) is 22.5 Å². The molecule has 0 fully saturated rings. The fourth-order valence-electron chi connectivity index (χ4n) is 3.91. The molecule has 4 rings (SSSR count). The fraction of sp³-hybridized carbons (Fsp3) is 0.207. The first-order valence-electron chi connectivity index (χ1n) is 12.0. The molecule has 0 aliphatic heterocycles. The normalized spacial score (nSPS) is 12.5. The standard InChI is InChI=1S/C29H29N3O5/c1-19-26(31-29(35)36-20(2)23-11-7-4-8-12-23)27(37-32-19)24-15-13-22(14-16-24)18-30-25(28(33)34)17-21-9-5-3-6-10-21/h3-16,20,25,30H,17-18H2,1-2H3,(H,31,35)(H,33,34)/t20-,25-/m1/s1. The second kappa shape index (κ2) is 12.0. The summed E-state index contributed by atoms with van der Waals surface area (Å²) < 4.78 is 11.0. The third kappa shape index (κ3) is 6.83. The summed E-state index contributed by atoms with van der Waals surface area (Å²) in [6.07, 6.45) is -0.643. The Bertz CT molecular complexity index is 1320. The molecule has 0 radical (unpaired) electrons. The molecule has 0 aliphatic carbocycles. The number of hydrogen-bond acceptors (Lipinski definition) is 6. The van der Waals surface area contributed by atoms with Gasteiger partial charge in [0.15, 0.2) is 5.76 Å². The van der Waals surface area contributed by atoms with Gasteiger partial charge in [-0.3, -0.25) is 10.1 Å². The monoisotopic (exact) mass is 499 g/mol. The lowest BCUT2D eigenvalue weighted by molar-refractivity contribution is -0.139. The van der Waals surface area contributed by atoms with E-state index in [4.69, 9.17) is 9.26 Å². The molecule has 0 aliphatic rings. The van der Waals surface area contributed by atoms with Crippen LogP contribution in [0, 0.1) is 6.92 Å². The number of ether oxygens (including phenoxy) is 1. The molecule has 1 amide bonds. The van der Waals surface area contributed by atoms with Gasteiger partial charge in [-0.2, -0.15) is 0 Å². The maximum Gasteiger partial charge on any atom is 0.412 e. The van der Waals surface area contributed by atoms with Crippen molar-refractivity contribution in [3.05, 3.63) is 107 Å². The molecule has 3 N–H and O–H groups in total. The zero-order valence-corrected chi connectivity index (χ0v) is 20.7. The Morgan fingerprint density at radius 3 is 2.24 bits per heavy atom. The summed E-state index contributed by atoms with van der Waals surface area (Å²) in [5.74, 6) is -0.490. The number of carbonyl (C=O) groups excluding carboxylic acids is 1. The number of carbonyl (C=O) groups is 2. The topological polar surface area (TPSA) is 114 Å². The first-order chi connectivity index (χ1) is 17.9. The minimum absolute atomic E-state index is 0.383. The van der Waals surface area contributed by atoms with Crippen molar-refractivity contribution in [2.24, 2.45) is 0 Å². The van der Waals surface area contributed by atoms with Crippen LogP contribution in [0.2, 0.25) is 0 Å². The number of amides is 1. The van der Waals surface area contributed by atoms with Crippen molar-refractivity contribution in [1.29, 1.82) is 0 Å². The predicted octanol–water partition coefficient (Wildman–Crippen LogP) is 5.75. The van der Waals surface area contributed by atoms with Crippen molar-refractivity contribution in [2.75, 3.05) is 5.32 Å². The molecule has 0 unspecified atom stereocenters. The van der Waals surface area contributed by atoms with Gasteiger partial charge in [0.05, 0.1) is 0 Å². The lowest BCUT2D eigenvalue weighted by atomic mass is 10.0. The number of nitrogens with one attached hydrogen (secondary N) is 2. The van der Waals surface area contributed by atoms with Crippen molar-refractivity contribution in [3.8, 4) is 11.3 Å². The van der Waals surface area contributed by atoms with E-state index in [9.17, 15) is 14.7 Å². The number of anilines is 1. The van der Waals surface area contributed by atoms with Crippen LogP contribution in [0.1, 0.15) is 35.4 Å². The highest BCUT2D eigenvalue weighted by Crippen LogP contribution is 2.31. The van der Waals surface area contributed by atoms with Gasteiger partial charge in [0.2, 0.25) is 0 Å². The Labute approximate surface area is 215 Å². The van der Waals surface area contributed by atoms with E-state index in [1.54, 1.807) is 13.8 Å². The third-order valence-corrected chi connectivity index (χ3v) is 5.99. The van der Waals surface area contributed by atoms with E-state index in [-0.39, 0.29) is 0 Å². The number of aryl methyl sites for hydroxylation is 1. The van der Waals surface area contributed by atoms with Crippen LogP contribution in [0.4, 0.5) is 10.5 Å². The number of carboxylic acids is 1. The van der Waals surface area contributed by atoms with Crippen molar-refractivity contribution < 1.29 is 24.0 Å². The van der Waals surface area contributed by atoms with Crippen LogP contribution in [-0.4, -0.2) is 28.4 Å². The number of hydrogen-bond donors (Lipinski definition) is 3. The SMILES string of the molecule is Cc1noc(-c2ccc(CN[C@H](Cc3ccccc3)C(=O)O)cc2)c1NC(=O)O[C@H](C)c1ccccc1. The van der Waals surface area contributed by atoms with Crippen LogP contribution >= 0.6 is 0 Å². The Hall–Kier alpha value is -4.43. The number of carboxylic acid groups (broad SMARTS) is 1. The molecule has 4 aromatic rings. The van der Waals surface area contributed by atoms with Crippen LogP contribution < -0.4 is 10.6 Å². The molecular weight excluding hydrogens is 470 g/mol. The van der Waals surface area contributed by atoms with E-state index in [1.165, 1.54) is 0 Å². The van der Waals surface area contributed by atoms with Gasteiger partial charge in [-0.15, -0.1) is 0 Å². The van der Waals surface area contributed by atoms with E-state index in [0.717, 1.165) is 22.3 Å². The first kappa shape index (κ1) is 25.7. The molecule has 37 heavy (non-hydrogen) atoms. The van der Waals surface area contributed by atoms with Gasteiger partial charge in [0, 0.05) is 12.1 Å². The number of aliphatic carboxylic acids is 1. The maximum absolute atomic E-state index is 12.6. The van der Waals surface area contributed by atoms with Gasteiger partial charge in [0.25, 0.3) is 0 Å². The van der Waals surface area contributed by atoms with E-state index in [1.807, 2.05) is 84.9 Å². The van der Waals surface area contributed by atoms with E-state index >= 15 is 0 Å². The number of benzene rings is 3. The molecule has 0 bridgehead atoms. The maximum atomic E-state index is 12.6. The molecule has 0 spiro atoms. The Balaban J connectivity index is 1.39. The molecule has 1 aromatic heterocycles. The number of aromatic nitrogens is 1.